The molecule has 0 aliphatic rings. The lowest BCUT2D eigenvalue weighted by Crippen LogP contribution is -2.25. The summed E-state index contributed by atoms with van der Waals surface area (Å²) in [5.74, 6) is 0. The van der Waals surface area contributed by atoms with Crippen molar-refractivity contribution < 1.29 is 0 Å². The van der Waals surface area contributed by atoms with Gasteiger partial charge in [0.2, 0.25) is 0 Å². The Kier molecular flexibility index (Phi) is 13.9. The highest BCUT2D eigenvalue weighted by atomic mass is 15.2. The highest BCUT2D eigenvalue weighted by molar-refractivity contribution is 5.96. The van der Waals surface area contributed by atoms with Crippen LogP contribution in [0.2, 0.25) is 0 Å². The van der Waals surface area contributed by atoms with E-state index >= 15 is 0 Å². The van der Waals surface area contributed by atoms with Gasteiger partial charge in [-0.2, -0.15) is 0 Å². The van der Waals surface area contributed by atoms with E-state index in [4.69, 9.17) is 0 Å². The van der Waals surface area contributed by atoms with Crippen molar-refractivity contribution in [2.24, 2.45) is 0 Å². The predicted molar refractivity (Wildman–Crippen MR) is 227 cm³/mol. The fourth-order valence-electron chi connectivity index (χ4n) is 6.07. The van der Waals surface area contributed by atoms with Crippen molar-refractivity contribution >= 4 is 39.2 Å². The van der Waals surface area contributed by atoms with E-state index in [0.717, 1.165) is 0 Å². The first-order valence-corrected chi connectivity index (χ1v) is 18.4. The van der Waals surface area contributed by atoms with Crippen LogP contribution in [-0.2, 0) is 0 Å². The van der Waals surface area contributed by atoms with Crippen molar-refractivity contribution in [2.75, 3.05) is 21.7 Å². The SMILES string of the molecule is Cc1ccc(N(C)C(C)C)cc1.Cc1ccc(N(c2ccc(C)cc2)C(C)C)cc1.Cc1ccc(N(c2cccc3ccccc23)C(C)C)cc1. The summed E-state index contributed by atoms with van der Waals surface area (Å²) in [5, 5.41) is 2.59. The van der Waals surface area contributed by atoms with Crippen LogP contribution in [0.25, 0.3) is 10.8 Å². The Balaban J connectivity index is 0.000000178. The summed E-state index contributed by atoms with van der Waals surface area (Å²) in [5.41, 5.74) is 11.5. The first-order valence-electron chi connectivity index (χ1n) is 18.4. The molecule has 0 aliphatic carbocycles. The van der Waals surface area contributed by atoms with Gasteiger partial charge in [0.25, 0.3) is 0 Å². The molecule has 0 saturated carbocycles. The molecular formula is C48H59N3. The molecule has 0 atom stereocenters. The summed E-state index contributed by atoms with van der Waals surface area (Å²) in [6.45, 7) is 21.8. The summed E-state index contributed by atoms with van der Waals surface area (Å²) >= 11 is 0. The third-order valence-electron chi connectivity index (χ3n) is 9.21. The van der Waals surface area contributed by atoms with Crippen molar-refractivity contribution in [1.29, 1.82) is 0 Å². The molecule has 51 heavy (non-hydrogen) atoms. The number of anilines is 5. The molecule has 0 amide bonds. The number of rotatable bonds is 8. The molecule has 0 aliphatic heterocycles. The van der Waals surface area contributed by atoms with E-state index in [1.54, 1.807) is 0 Å². The molecule has 3 heteroatoms. The van der Waals surface area contributed by atoms with Crippen LogP contribution in [0.3, 0.4) is 0 Å². The molecule has 3 nitrogen and oxygen atoms in total. The number of fused-ring (bicyclic) bond motifs is 1. The zero-order valence-electron chi connectivity index (χ0n) is 32.9. The average Bonchev–Trinajstić information content (AvgIpc) is 3.11. The zero-order valence-corrected chi connectivity index (χ0v) is 32.9. The molecule has 0 spiro atoms. The van der Waals surface area contributed by atoms with E-state index in [-0.39, 0.29) is 0 Å². The molecule has 0 bridgehead atoms. The molecule has 0 radical (unpaired) electrons. The van der Waals surface area contributed by atoms with Crippen LogP contribution in [0.15, 0.2) is 140 Å². The molecule has 6 rings (SSSR count). The zero-order chi connectivity index (χ0) is 37.1. The van der Waals surface area contributed by atoms with Crippen LogP contribution in [0.4, 0.5) is 28.4 Å². The molecule has 0 unspecified atom stereocenters. The molecule has 266 valence electrons. The third kappa shape index (κ3) is 10.7. The molecule has 0 aromatic heterocycles. The number of aryl methyl sites for hydroxylation is 4. The van der Waals surface area contributed by atoms with Crippen LogP contribution in [0.5, 0.6) is 0 Å². The van der Waals surface area contributed by atoms with E-state index in [1.165, 1.54) is 61.5 Å². The Morgan fingerprint density at radius 1 is 0.353 bits per heavy atom. The van der Waals surface area contributed by atoms with Crippen LogP contribution >= 0.6 is 0 Å². The minimum absolute atomic E-state index is 0.401. The smallest absolute Gasteiger partial charge is 0.0492 e. The summed E-state index contributed by atoms with van der Waals surface area (Å²) < 4.78 is 0. The average molecular weight is 678 g/mol. The van der Waals surface area contributed by atoms with Crippen molar-refractivity contribution in [1.82, 2.24) is 0 Å². The molecule has 6 aromatic rings. The van der Waals surface area contributed by atoms with E-state index in [9.17, 15) is 0 Å². The fraction of sp³-hybridized carbons (Fsp3) is 0.292. The number of hydrogen-bond acceptors (Lipinski definition) is 3. The summed E-state index contributed by atoms with van der Waals surface area (Å²) in [6.07, 6.45) is 0. The second-order valence-electron chi connectivity index (χ2n) is 14.5. The van der Waals surface area contributed by atoms with E-state index in [0.29, 0.717) is 18.1 Å². The lowest BCUT2D eigenvalue weighted by molar-refractivity contribution is 0.754. The summed E-state index contributed by atoms with van der Waals surface area (Å²) in [4.78, 5) is 7.03. The normalized spacial score (nSPS) is 10.8. The van der Waals surface area contributed by atoms with Gasteiger partial charge in [-0.05, 0) is 129 Å². The summed E-state index contributed by atoms with van der Waals surface area (Å²) in [6, 6.07) is 51.3. The molecule has 6 aromatic carbocycles. The number of hydrogen-bond donors (Lipinski definition) is 0. The van der Waals surface area contributed by atoms with Crippen LogP contribution in [-0.4, -0.2) is 25.2 Å². The standard InChI is InChI=1S/C20H21N.C17H21N.C11H17N/c1-15(2)21(18-13-11-16(3)12-14-18)20-10-6-8-17-7-4-5-9-19(17)20;1-13(2)18(16-9-5-14(3)6-10-16)17-11-7-15(4)8-12-17;1-9(2)12(4)11-7-5-10(3)6-8-11/h4-15H,1-3H3;5-13H,1-4H3;5-9H,1-4H3. The first kappa shape index (κ1) is 38.8. The Morgan fingerprint density at radius 3 is 1.10 bits per heavy atom. The maximum atomic E-state index is 2.40. The minimum Gasteiger partial charge on any atom is -0.372 e. The maximum absolute atomic E-state index is 2.40. The van der Waals surface area contributed by atoms with Gasteiger partial charge in [0, 0.05) is 59.0 Å². The Labute approximate surface area is 309 Å². The first-order chi connectivity index (χ1) is 24.3. The van der Waals surface area contributed by atoms with E-state index in [2.05, 4.69) is 231 Å². The second kappa shape index (κ2) is 18.3. The van der Waals surface area contributed by atoms with Gasteiger partial charge < -0.3 is 14.7 Å². The number of nitrogens with zero attached hydrogens (tertiary/aromatic N) is 3. The van der Waals surface area contributed by atoms with Gasteiger partial charge in [0.05, 0.1) is 0 Å². The van der Waals surface area contributed by atoms with Crippen LogP contribution in [0, 0.1) is 27.7 Å². The topological polar surface area (TPSA) is 9.72 Å². The molecule has 0 heterocycles. The monoisotopic (exact) mass is 677 g/mol. The fourth-order valence-corrected chi connectivity index (χ4v) is 6.07. The van der Waals surface area contributed by atoms with Crippen LogP contribution < -0.4 is 14.7 Å². The van der Waals surface area contributed by atoms with Crippen molar-refractivity contribution in [2.45, 2.75) is 87.4 Å². The van der Waals surface area contributed by atoms with Crippen molar-refractivity contribution in [3.8, 4) is 0 Å². The largest absolute Gasteiger partial charge is 0.372 e. The van der Waals surface area contributed by atoms with Crippen LogP contribution in [0.1, 0.15) is 63.8 Å². The molecule has 0 saturated heterocycles. The number of benzene rings is 6. The third-order valence-corrected chi connectivity index (χ3v) is 9.21. The Morgan fingerprint density at radius 2 is 0.706 bits per heavy atom. The Bertz CT molecular complexity index is 1850. The molecule has 0 N–H and O–H groups in total. The minimum atomic E-state index is 0.401. The van der Waals surface area contributed by atoms with E-state index < -0.39 is 0 Å². The van der Waals surface area contributed by atoms with Gasteiger partial charge >= 0.3 is 0 Å². The molecule has 0 fully saturated rings. The summed E-state index contributed by atoms with van der Waals surface area (Å²) in [7, 11) is 2.12. The highest BCUT2D eigenvalue weighted by Crippen LogP contribution is 2.34. The van der Waals surface area contributed by atoms with Gasteiger partial charge in [-0.25, -0.2) is 0 Å². The van der Waals surface area contributed by atoms with Gasteiger partial charge in [0.1, 0.15) is 0 Å². The highest BCUT2D eigenvalue weighted by Gasteiger charge is 2.15. The van der Waals surface area contributed by atoms with Crippen molar-refractivity contribution in [3.05, 3.63) is 162 Å². The lowest BCUT2D eigenvalue weighted by Gasteiger charge is -2.30. The lowest BCUT2D eigenvalue weighted by atomic mass is 10.1. The van der Waals surface area contributed by atoms with Crippen molar-refractivity contribution in [3.63, 3.8) is 0 Å². The second-order valence-corrected chi connectivity index (χ2v) is 14.5. The maximum Gasteiger partial charge on any atom is 0.0492 e. The van der Waals surface area contributed by atoms with Gasteiger partial charge in [-0.15, -0.1) is 0 Å². The quantitative estimate of drug-likeness (QED) is 0.159. The van der Waals surface area contributed by atoms with Gasteiger partial charge in [0.15, 0.2) is 0 Å². The predicted octanol–water partition coefficient (Wildman–Crippen LogP) is 13.4. The van der Waals surface area contributed by atoms with Gasteiger partial charge in [-0.3, -0.25) is 0 Å². The Hall–Kier alpha value is -5.02. The molecular weight excluding hydrogens is 619 g/mol. The van der Waals surface area contributed by atoms with E-state index in [1.807, 2.05) is 0 Å². The van der Waals surface area contributed by atoms with Gasteiger partial charge in [-0.1, -0.05) is 107 Å².